The van der Waals surface area contributed by atoms with Crippen molar-refractivity contribution >= 4 is 11.8 Å². The van der Waals surface area contributed by atoms with Gasteiger partial charge in [0, 0.05) is 30.9 Å². The lowest BCUT2D eigenvalue weighted by atomic mass is 9.83. The van der Waals surface area contributed by atoms with Crippen molar-refractivity contribution in [1.29, 1.82) is 0 Å². The first-order valence-corrected chi connectivity index (χ1v) is 12.8. The average Bonchev–Trinajstić information content (AvgIpc) is 2.89. The van der Waals surface area contributed by atoms with Gasteiger partial charge in [0.1, 0.15) is 6.54 Å². The first kappa shape index (κ1) is 24.4. The zero-order chi connectivity index (χ0) is 25.1. The number of quaternary nitrogens is 1. The van der Waals surface area contributed by atoms with Crippen molar-refractivity contribution in [2.75, 3.05) is 31.1 Å². The maximum absolute atomic E-state index is 13.9. The van der Waals surface area contributed by atoms with E-state index < -0.39 is 17.7 Å². The normalized spacial score (nSPS) is 22.9. The summed E-state index contributed by atoms with van der Waals surface area (Å²) in [6.45, 7) is 6.19. The Labute approximate surface area is 211 Å². The summed E-state index contributed by atoms with van der Waals surface area (Å²) in [4.78, 5) is 15.1. The van der Waals surface area contributed by atoms with Crippen molar-refractivity contribution in [1.82, 2.24) is 0 Å². The van der Waals surface area contributed by atoms with E-state index in [1.165, 1.54) is 16.5 Å². The van der Waals surface area contributed by atoms with Crippen LogP contribution in [-0.2, 0) is 17.7 Å². The fourth-order valence-electron chi connectivity index (χ4n) is 5.75. The molecular formula is C30H33F2N2O2+. The number of carbonyl (C=O) groups excluding carboxylic acids is 1. The Bertz CT molecular complexity index is 1210. The van der Waals surface area contributed by atoms with Crippen LogP contribution in [0.25, 0.3) is 0 Å². The minimum Gasteiger partial charge on any atom is -0.440 e. The van der Waals surface area contributed by atoms with Crippen molar-refractivity contribution in [3.05, 3.63) is 101 Å². The van der Waals surface area contributed by atoms with E-state index in [-0.39, 0.29) is 12.6 Å². The van der Waals surface area contributed by atoms with Crippen molar-refractivity contribution < 1.29 is 22.8 Å². The molecular weight excluding hydrogens is 458 g/mol. The molecule has 3 aromatic carbocycles. The number of benzene rings is 3. The first-order valence-electron chi connectivity index (χ1n) is 12.8. The first-order chi connectivity index (χ1) is 17.4. The monoisotopic (exact) mass is 491 g/mol. The fourth-order valence-corrected chi connectivity index (χ4v) is 5.75. The Balaban J connectivity index is 1.32. The van der Waals surface area contributed by atoms with E-state index in [1.54, 1.807) is 0 Å². The predicted molar refractivity (Wildman–Crippen MR) is 137 cm³/mol. The standard InChI is InChI=1S/C30H33F2N2O2/c1-22-6-5-9-26(18-22)33(20-24-10-11-27(31)28(32)19-24)30(35)36-29-21-34(16-13-25(29)14-17-34)15-12-23-7-3-2-4-8-23/h2-11,18-19,25,29H,12-17,20-21H2,1H3/q+1/t25?,29-,34?/m0/s1. The Morgan fingerprint density at radius 2 is 1.72 bits per heavy atom. The molecule has 0 radical (unpaired) electrons. The summed E-state index contributed by atoms with van der Waals surface area (Å²) in [5.74, 6) is -1.46. The van der Waals surface area contributed by atoms with Crippen molar-refractivity contribution in [3.63, 3.8) is 0 Å². The van der Waals surface area contributed by atoms with Crippen LogP contribution in [-0.4, -0.2) is 42.9 Å². The lowest BCUT2D eigenvalue weighted by Gasteiger charge is -2.52. The van der Waals surface area contributed by atoms with Gasteiger partial charge in [-0.2, -0.15) is 0 Å². The number of nitrogens with zero attached hydrogens (tertiary/aromatic N) is 2. The molecule has 6 rings (SSSR count). The van der Waals surface area contributed by atoms with Gasteiger partial charge in [-0.3, -0.25) is 4.90 Å². The predicted octanol–water partition coefficient (Wildman–Crippen LogP) is 6.27. The quantitative estimate of drug-likeness (QED) is 0.365. The van der Waals surface area contributed by atoms with Gasteiger partial charge in [-0.15, -0.1) is 0 Å². The lowest BCUT2D eigenvalue weighted by Crippen LogP contribution is -2.65. The van der Waals surface area contributed by atoms with Crippen LogP contribution in [0.2, 0.25) is 0 Å². The zero-order valence-electron chi connectivity index (χ0n) is 20.7. The summed E-state index contributed by atoms with van der Waals surface area (Å²) in [6, 6.07) is 21.9. The molecule has 0 spiro atoms. The molecule has 3 saturated heterocycles. The van der Waals surface area contributed by atoms with Gasteiger partial charge in [-0.1, -0.05) is 48.5 Å². The minimum atomic E-state index is -0.924. The van der Waals surface area contributed by atoms with Crippen LogP contribution in [0.5, 0.6) is 0 Å². The van der Waals surface area contributed by atoms with E-state index >= 15 is 0 Å². The largest absolute Gasteiger partial charge is 0.440 e. The molecule has 1 atom stereocenters. The summed E-state index contributed by atoms with van der Waals surface area (Å²) in [5.41, 5.74) is 3.53. The molecule has 3 aromatic rings. The number of halogens is 2. The highest BCUT2D eigenvalue weighted by molar-refractivity contribution is 5.87. The summed E-state index contributed by atoms with van der Waals surface area (Å²) >= 11 is 0. The van der Waals surface area contributed by atoms with Crippen molar-refractivity contribution in [3.8, 4) is 0 Å². The highest BCUT2D eigenvalue weighted by Gasteiger charge is 2.47. The fraction of sp³-hybridized carbons (Fsp3) is 0.367. The topological polar surface area (TPSA) is 29.5 Å². The second-order valence-electron chi connectivity index (χ2n) is 10.4. The molecule has 36 heavy (non-hydrogen) atoms. The molecule has 3 heterocycles. The maximum Gasteiger partial charge on any atom is 0.415 e. The molecule has 0 aliphatic carbocycles. The molecule has 0 saturated carbocycles. The summed E-state index contributed by atoms with van der Waals surface area (Å²) < 4.78 is 34.6. The molecule has 1 amide bonds. The highest BCUT2D eigenvalue weighted by Crippen LogP contribution is 2.36. The molecule has 6 heteroatoms. The summed E-state index contributed by atoms with van der Waals surface area (Å²) in [5, 5.41) is 0. The van der Waals surface area contributed by atoms with E-state index in [2.05, 4.69) is 24.3 Å². The van der Waals surface area contributed by atoms with Gasteiger partial charge in [0.05, 0.1) is 26.2 Å². The number of carbonyl (C=O) groups is 1. The van der Waals surface area contributed by atoms with Gasteiger partial charge in [0.15, 0.2) is 17.7 Å². The Hall–Kier alpha value is -3.25. The molecule has 3 aliphatic heterocycles. The number of hydrogen-bond acceptors (Lipinski definition) is 2. The van der Waals surface area contributed by atoms with E-state index in [9.17, 15) is 13.6 Å². The number of hydrogen-bond donors (Lipinski definition) is 0. The minimum absolute atomic E-state index is 0.102. The smallest absolute Gasteiger partial charge is 0.415 e. The third kappa shape index (κ3) is 5.44. The molecule has 0 unspecified atom stereocenters. The molecule has 4 nitrogen and oxygen atoms in total. The average molecular weight is 492 g/mol. The Morgan fingerprint density at radius 3 is 2.44 bits per heavy atom. The van der Waals surface area contributed by atoms with E-state index in [4.69, 9.17) is 4.74 Å². The number of ether oxygens (including phenoxy) is 1. The highest BCUT2D eigenvalue weighted by atomic mass is 19.2. The SMILES string of the molecule is Cc1cccc(N(Cc2ccc(F)c(F)c2)C(=O)O[C@H]2C[N+]3(CCc4ccccc4)CCC2CC3)c1. The van der Waals surface area contributed by atoms with Crippen LogP contribution in [0, 0.1) is 24.5 Å². The molecule has 3 aliphatic rings. The van der Waals surface area contributed by atoms with Gasteiger partial charge in [0.2, 0.25) is 0 Å². The number of piperidine rings is 3. The molecule has 3 fully saturated rings. The molecule has 0 aromatic heterocycles. The van der Waals surface area contributed by atoms with Crippen LogP contribution in [0.15, 0.2) is 72.8 Å². The van der Waals surface area contributed by atoms with Crippen molar-refractivity contribution in [2.24, 2.45) is 5.92 Å². The lowest BCUT2D eigenvalue weighted by molar-refractivity contribution is -0.945. The third-order valence-electron chi connectivity index (χ3n) is 7.87. The van der Waals surface area contributed by atoms with Gasteiger partial charge in [-0.25, -0.2) is 13.6 Å². The number of fused-ring (bicyclic) bond motifs is 3. The molecule has 0 N–H and O–H groups in total. The van der Waals surface area contributed by atoms with Crippen LogP contribution in [0.4, 0.5) is 19.3 Å². The Kier molecular flexibility index (Phi) is 7.06. The van der Waals surface area contributed by atoms with E-state index in [0.717, 1.165) is 67.6 Å². The van der Waals surface area contributed by atoms with Crippen LogP contribution >= 0.6 is 0 Å². The van der Waals surface area contributed by atoms with Gasteiger partial charge in [-0.05, 0) is 47.9 Å². The summed E-state index contributed by atoms with van der Waals surface area (Å²) in [6.07, 6.45) is 2.54. The zero-order valence-corrected chi connectivity index (χ0v) is 20.7. The van der Waals surface area contributed by atoms with Crippen molar-refractivity contribution in [2.45, 2.75) is 38.8 Å². The second-order valence-corrected chi connectivity index (χ2v) is 10.4. The van der Waals surface area contributed by atoms with Gasteiger partial charge < -0.3 is 9.22 Å². The molecule has 188 valence electrons. The van der Waals surface area contributed by atoms with Crippen LogP contribution < -0.4 is 4.90 Å². The van der Waals surface area contributed by atoms with Gasteiger partial charge >= 0.3 is 6.09 Å². The number of amides is 1. The van der Waals surface area contributed by atoms with Crippen LogP contribution in [0.1, 0.15) is 29.5 Å². The third-order valence-corrected chi connectivity index (χ3v) is 7.87. The molecule has 2 bridgehead atoms. The van der Waals surface area contributed by atoms with E-state index in [0.29, 0.717) is 17.2 Å². The van der Waals surface area contributed by atoms with E-state index in [1.807, 2.05) is 37.3 Å². The maximum atomic E-state index is 13.9. The number of anilines is 1. The van der Waals surface area contributed by atoms with Crippen LogP contribution in [0.3, 0.4) is 0 Å². The Morgan fingerprint density at radius 1 is 0.944 bits per heavy atom. The second kappa shape index (κ2) is 10.4. The number of rotatable bonds is 7. The summed E-state index contributed by atoms with van der Waals surface area (Å²) in [7, 11) is 0. The number of aryl methyl sites for hydroxylation is 1. The van der Waals surface area contributed by atoms with Gasteiger partial charge in [0.25, 0.3) is 0 Å².